The van der Waals surface area contributed by atoms with Crippen LogP contribution in [0.1, 0.15) is 29.4 Å². The Morgan fingerprint density at radius 2 is 2.09 bits per heavy atom. The molecular formula is C27H29FN4O2. The van der Waals surface area contributed by atoms with Crippen molar-refractivity contribution >= 4 is 27.7 Å². The number of methoxy groups -OCH3 is 1. The molecule has 7 heteroatoms. The SMILES string of the molecule is CCN(C)CC(=O)N1CCc2c(nc(Cc3ccc(OC)c(F)c3)c3[nH]c4ccccc4c23)C1. The average molecular weight is 461 g/mol. The number of aromatic amines is 1. The number of H-pyrrole nitrogens is 1. The van der Waals surface area contributed by atoms with Gasteiger partial charge in [-0.2, -0.15) is 0 Å². The Morgan fingerprint density at radius 1 is 1.26 bits per heavy atom. The van der Waals surface area contributed by atoms with Crippen molar-refractivity contribution in [2.24, 2.45) is 0 Å². The first-order valence-corrected chi connectivity index (χ1v) is 11.7. The molecule has 6 nitrogen and oxygen atoms in total. The second-order valence-corrected chi connectivity index (χ2v) is 8.95. The van der Waals surface area contributed by atoms with E-state index >= 15 is 0 Å². The molecule has 0 radical (unpaired) electrons. The molecule has 0 fully saturated rings. The van der Waals surface area contributed by atoms with Gasteiger partial charge in [-0.15, -0.1) is 0 Å². The second-order valence-electron chi connectivity index (χ2n) is 8.95. The summed E-state index contributed by atoms with van der Waals surface area (Å²) in [5.41, 5.74) is 5.85. The standard InChI is InChI=1S/C27H29FN4O2/c1-4-31(2)16-25(33)32-12-11-19-23(15-32)29-22(14-17-9-10-24(34-3)20(28)13-17)27-26(19)18-7-5-6-8-21(18)30-27/h5-10,13,30H,4,11-12,14-16H2,1-3H3. The molecule has 34 heavy (non-hydrogen) atoms. The first-order chi connectivity index (χ1) is 16.5. The van der Waals surface area contributed by atoms with E-state index in [1.807, 2.05) is 42.0 Å². The van der Waals surface area contributed by atoms with Crippen molar-refractivity contribution in [1.29, 1.82) is 0 Å². The zero-order valence-electron chi connectivity index (χ0n) is 19.8. The number of amides is 1. The van der Waals surface area contributed by atoms with Gasteiger partial charge in [0, 0.05) is 29.3 Å². The normalized spacial score (nSPS) is 13.6. The highest BCUT2D eigenvalue weighted by Gasteiger charge is 2.26. The number of fused-ring (bicyclic) bond motifs is 5. The summed E-state index contributed by atoms with van der Waals surface area (Å²) in [6, 6.07) is 13.3. The molecule has 1 aliphatic heterocycles. The molecule has 4 aromatic rings. The molecule has 2 aromatic carbocycles. The largest absolute Gasteiger partial charge is 0.494 e. The topological polar surface area (TPSA) is 61.5 Å². The van der Waals surface area contributed by atoms with Gasteiger partial charge in [0.15, 0.2) is 11.6 Å². The van der Waals surface area contributed by atoms with Gasteiger partial charge in [0.25, 0.3) is 0 Å². The average Bonchev–Trinajstić information content (AvgIpc) is 3.24. The second kappa shape index (κ2) is 9.06. The summed E-state index contributed by atoms with van der Waals surface area (Å²) in [7, 11) is 3.41. The number of hydrogen-bond donors (Lipinski definition) is 1. The minimum absolute atomic E-state index is 0.120. The van der Waals surface area contributed by atoms with Crippen LogP contribution < -0.4 is 4.74 Å². The number of nitrogens with zero attached hydrogens (tertiary/aromatic N) is 3. The van der Waals surface area contributed by atoms with Gasteiger partial charge >= 0.3 is 0 Å². The van der Waals surface area contributed by atoms with E-state index in [1.165, 1.54) is 24.1 Å². The van der Waals surface area contributed by atoms with Crippen LogP contribution >= 0.6 is 0 Å². The summed E-state index contributed by atoms with van der Waals surface area (Å²) >= 11 is 0. The van der Waals surface area contributed by atoms with E-state index in [0.29, 0.717) is 26.1 Å². The number of rotatable bonds is 6. The van der Waals surface area contributed by atoms with Crippen molar-refractivity contribution in [2.75, 3.05) is 33.8 Å². The fraction of sp³-hybridized carbons (Fsp3) is 0.333. The highest BCUT2D eigenvalue weighted by molar-refractivity contribution is 6.10. The number of para-hydroxylation sites is 1. The quantitative estimate of drug-likeness (QED) is 0.466. The van der Waals surface area contributed by atoms with Gasteiger partial charge in [-0.05, 0) is 49.3 Å². The van der Waals surface area contributed by atoms with E-state index < -0.39 is 0 Å². The van der Waals surface area contributed by atoms with Crippen molar-refractivity contribution in [3.8, 4) is 5.75 Å². The Kier molecular flexibility index (Phi) is 5.96. The molecule has 1 aliphatic rings. The Labute approximate surface area is 198 Å². The summed E-state index contributed by atoms with van der Waals surface area (Å²) in [4.78, 5) is 25.4. The smallest absolute Gasteiger partial charge is 0.237 e. The Balaban J connectivity index is 1.59. The Morgan fingerprint density at radius 3 is 2.85 bits per heavy atom. The number of benzene rings is 2. The molecule has 1 N–H and O–H groups in total. The number of pyridine rings is 1. The van der Waals surface area contributed by atoms with Crippen LogP contribution in [0.3, 0.4) is 0 Å². The minimum atomic E-state index is -0.386. The third-order valence-corrected chi connectivity index (χ3v) is 6.77. The Bertz CT molecular complexity index is 1380. The number of carbonyl (C=O) groups excluding carboxylic acids is 1. The molecule has 0 spiro atoms. The fourth-order valence-corrected chi connectivity index (χ4v) is 4.81. The van der Waals surface area contributed by atoms with Crippen molar-refractivity contribution < 1.29 is 13.9 Å². The van der Waals surface area contributed by atoms with Gasteiger partial charge in [-0.25, -0.2) is 4.39 Å². The van der Waals surface area contributed by atoms with E-state index in [-0.39, 0.29) is 17.5 Å². The fourth-order valence-electron chi connectivity index (χ4n) is 4.81. The van der Waals surface area contributed by atoms with Gasteiger partial charge in [0.2, 0.25) is 5.91 Å². The lowest BCUT2D eigenvalue weighted by Gasteiger charge is -2.30. The van der Waals surface area contributed by atoms with Crippen LogP contribution in [-0.4, -0.2) is 59.5 Å². The highest BCUT2D eigenvalue weighted by Crippen LogP contribution is 2.35. The molecule has 0 atom stereocenters. The number of ether oxygens (including phenoxy) is 1. The van der Waals surface area contributed by atoms with Crippen molar-refractivity contribution in [3.63, 3.8) is 0 Å². The van der Waals surface area contributed by atoms with Gasteiger partial charge in [0.05, 0.1) is 37.1 Å². The lowest BCUT2D eigenvalue weighted by atomic mass is 9.96. The van der Waals surface area contributed by atoms with E-state index in [2.05, 4.69) is 17.1 Å². The van der Waals surface area contributed by atoms with Crippen LogP contribution in [-0.2, 0) is 24.2 Å². The number of hydrogen-bond acceptors (Lipinski definition) is 4. The summed E-state index contributed by atoms with van der Waals surface area (Å²) in [5, 5.41) is 2.33. The number of nitrogens with one attached hydrogen (secondary N) is 1. The maximum atomic E-state index is 14.4. The van der Waals surface area contributed by atoms with E-state index in [1.54, 1.807) is 6.07 Å². The molecule has 0 saturated heterocycles. The molecule has 0 bridgehead atoms. The molecule has 3 heterocycles. The van der Waals surface area contributed by atoms with Gasteiger partial charge in [-0.3, -0.25) is 14.7 Å². The lowest BCUT2D eigenvalue weighted by Crippen LogP contribution is -2.42. The van der Waals surface area contributed by atoms with Gasteiger partial charge in [0.1, 0.15) is 0 Å². The molecule has 0 saturated carbocycles. The summed E-state index contributed by atoms with van der Waals surface area (Å²) in [6.07, 6.45) is 1.24. The van der Waals surface area contributed by atoms with Crippen LogP contribution in [0.25, 0.3) is 21.8 Å². The predicted octanol–water partition coefficient (Wildman–Crippen LogP) is 4.29. The van der Waals surface area contributed by atoms with E-state index in [4.69, 9.17) is 9.72 Å². The number of likely N-dealkylation sites (N-methyl/N-ethyl adjacent to an activating group) is 1. The van der Waals surface area contributed by atoms with Gasteiger partial charge < -0.3 is 14.6 Å². The summed E-state index contributed by atoms with van der Waals surface area (Å²) < 4.78 is 19.4. The third kappa shape index (κ3) is 4.01. The molecule has 0 aliphatic carbocycles. The Hall–Kier alpha value is -3.45. The number of aromatic nitrogens is 2. The van der Waals surface area contributed by atoms with Crippen LogP contribution in [0.15, 0.2) is 42.5 Å². The van der Waals surface area contributed by atoms with Crippen molar-refractivity contribution in [2.45, 2.75) is 26.3 Å². The van der Waals surface area contributed by atoms with E-state index in [0.717, 1.165) is 46.3 Å². The van der Waals surface area contributed by atoms with Crippen LogP contribution in [0.2, 0.25) is 0 Å². The summed E-state index contributed by atoms with van der Waals surface area (Å²) in [6.45, 7) is 4.45. The highest BCUT2D eigenvalue weighted by atomic mass is 19.1. The zero-order chi connectivity index (χ0) is 23.8. The zero-order valence-corrected chi connectivity index (χ0v) is 19.8. The maximum Gasteiger partial charge on any atom is 0.237 e. The van der Waals surface area contributed by atoms with Crippen molar-refractivity contribution in [1.82, 2.24) is 19.8 Å². The van der Waals surface area contributed by atoms with Crippen LogP contribution in [0.5, 0.6) is 5.75 Å². The first-order valence-electron chi connectivity index (χ1n) is 11.7. The monoisotopic (exact) mass is 460 g/mol. The van der Waals surface area contributed by atoms with Crippen LogP contribution in [0, 0.1) is 5.82 Å². The first kappa shape index (κ1) is 22.3. The molecule has 2 aromatic heterocycles. The number of carbonyl (C=O) groups is 1. The van der Waals surface area contributed by atoms with Crippen molar-refractivity contribution in [3.05, 3.63) is 70.8 Å². The molecule has 1 amide bonds. The van der Waals surface area contributed by atoms with Gasteiger partial charge in [-0.1, -0.05) is 31.2 Å². The third-order valence-electron chi connectivity index (χ3n) is 6.77. The summed E-state index contributed by atoms with van der Waals surface area (Å²) in [5.74, 6) is -0.0404. The molecule has 176 valence electrons. The van der Waals surface area contributed by atoms with E-state index in [9.17, 15) is 9.18 Å². The number of halogens is 1. The predicted molar refractivity (Wildman–Crippen MR) is 132 cm³/mol. The molecular weight excluding hydrogens is 431 g/mol. The minimum Gasteiger partial charge on any atom is -0.494 e. The molecule has 0 unspecified atom stereocenters. The van der Waals surface area contributed by atoms with Crippen LogP contribution in [0.4, 0.5) is 4.39 Å². The maximum absolute atomic E-state index is 14.4. The molecule has 5 rings (SSSR count). The lowest BCUT2D eigenvalue weighted by molar-refractivity contribution is -0.133.